The van der Waals surface area contributed by atoms with Gasteiger partial charge in [0.2, 0.25) is 0 Å². The van der Waals surface area contributed by atoms with Gasteiger partial charge < -0.3 is 9.64 Å². The van der Waals surface area contributed by atoms with E-state index in [1.165, 1.54) is 35.6 Å². The van der Waals surface area contributed by atoms with Crippen LogP contribution in [0.1, 0.15) is 35.9 Å². The molecule has 4 heteroatoms. The number of anilines is 1. The Kier molecular flexibility index (Phi) is 3.83. The van der Waals surface area contributed by atoms with Crippen LogP contribution in [0.4, 0.5) is 5.00 Å². The van der Waals surface area contributed by atoms with Crippen LogP contribution in [-0.4, -0.2) is 25.7 Å². The smallest absolute Gasteiger partial charge is 0.348 e. The molecular formula is C12H17NO2S. The third-order valence-electron chi connectivity index (χ3n) is 2.74. The molecule has 1 aliphatic rings. The minimum absolute atomic E-state index is 0.198. The fourth-order valence-electron chi connectivity index (χ4n) is 1.92. The first kappa shape index (κ1) is 11.5. The number of thiophene rings is 1. The number of piperidine rings is 1. The topological polar surface area (TPSA) is 29.5 Å². The molecule has 0 amide bonds. The number of ether oxygens (including phenoxy) is 1. The summed E-state index contributed by atoms with van der Waals surface area (Å²) in [6, 6.07) is 3.90. The fourth-order valence-corrected chi connectivity index (χ4v) is 2.88. The van der Waals surface area contributed by atoms with E-state index < -0.39 is 0 Å². The fraction of sp³-hybridized carbons (Fsp3) is 0.583. The predicted octanol–water partition coefficient (Wildman–Crippen LogP) is 2.92. The van der Waals surface area contributed by atoms with Crippen LogP contribution in [0.15, 0.2) is 12.1 Å². The van der Waals surface area contributed by atoms with Crippen molar-refractivity contribution in [2.75, 3.05) is 24.6 Å². The molecule has 0 N–H and O–H groups in total. The minimum atomic E-state index is -0.198. The molecule has 1 aliphatic heterocycles. The zero-order chi connectivity index (χ0) is 11.4. The zero-order valence-electron chi connectivity index (χ0n) is 9.57. The second-order valence-corrected chi connectivity index (χ2v) is 4.97. The van der Waals surface area contributed by atoms with Gasteiger partial charge in [-0.2, -0.15) is 0 Å². The lowest BCUT2D eigenvalue weighted by Gasteiger charge is -2.27. The van der Waals surface area contributed by atoms with Crippen LogP contribution in [0, 0.1) is 0 Å². The van der Waals surface area contributed by atoms with E-state index in [9.17, 15) is 4.79 Å². The van der Waals surface area contributed by atoms with E-state index in [1.807, 2.05) is 19.1 Å². The molecule has 1 fully saturated rings. The van der Waals surface area contributed by atoms with E-state index in [1.54, 1.807) is 0 Å². The van der Waals surface area contributed by atoms with E-state index in [4.69, 9.17) is 4.74 Å². The average molecular weight is 239 g/mol. The van der Waals surface area contributed by atoms with Crippen molar-refractivity contribution in [2.24, 2.45) is 0 Å². The van der Waals surface area contributed by atoms with Gasteiger partial charge >= 0.3 is 5.97 Å². The monoisotopic (exact) mass is 239 g/mol. The summed E-state index contributed by atoms with van der Waals surface area (Å²) in [4.78, 5) is 14.6. The number of hydrogen-bond acceptors (Lipinski definition) is 4. The molecule has 0 bridgehead atoms. The molecule has 1 aromatic heterocycles. The Hall–Kier alpha value is -1.03. The van der Waals surface area contributed by atoms with E-state index in [2.05, 4.69) is 4.90 Å². The van der Waals surface area contributed by atoms with Crippen molar-refractivity contribution in [3.8, 4) is 0 Å². The third kappa shape index (κ3) is 2.55. The van der Waals surface area contributed by atoms with Gasteiger partial charge in [-0.25, -0.2) is 4.79 Å². The van der Waals surface area contributed by atoms with Gasteiger partial charge in [0.05, 0.1) is 11.6 Å². The highest BCUT2D eigenvalue weighted by atomic mass is 32.1. The number of carbonyl (C=O) groups excluding carboxylic acids is 1. The summed E-state index contributed by atoms with van der Waals surface area (Å²) in [7, 11) is 0. The van der Waals surface area contributed by atoms with Gasteiger partial charge in [0, 0.05) is 13.1 Å². The summed E-state index contributed by atoms with van der Waals surface area (Å²) >= 11 is 1.54. The summed E-state index contributed by atoms with van der Waals surface area (Å²) in [6.45, 7) is 4.50. The van der Waals surface area contributed by atoms with E-state index in [-0.39, 0.29) is 5.97 Å². The Morgan fingerprint density at radius 2 is 2.12 bits per heavy atom. The van der Waals surface area contributed by atoms with Gasteiger partial charge in [-0.05, 0) is 38.3 Å². The zero-order valence-corrected chi connectivity index (χ0v) is 10.4. The quantitative estimate of drug-likeness (QED) is 0.760. The van der Waals surface area contributed by atoms with Gasteiger partial charge in [-0.1, -0.05) is 0 Å². The van der Waals surface area contributed by atoms with Gasteiger partial charge in [0.25, 0.3) is 0 Å². The summed E-state index contributed by atoms with van der Waals surface area (Å²) in [6.07, 6.45) is 3.84. The minimum Gasteiger partial charge on any atom is -0.462 e. The molecule has 1 saturated heterocycles. The Bertz CT molecular complexity index is 356. The van der Waals surface area contributed by atoms with Crippen molar-refractivity contribution in [1.29, 1.82) is 0 Å². The molecule has 88 valence electrons. The standard InChI is InChI=1S/C12H17NO2S/c1-2-15-12(14)10-6-7-11(16-10)13-8-4-3-5-9-13/h6-7H,2-5,8-9H2,1H3. The van der Waals surface area contributed by atoms with Crippen LogP contribution in [0.2, 0.25) is 0 Å². The Balaban J connectivity index is 2.03. The number of nitrogens with zero attached hydrogens (tertiary/aromatic N) is 1. The van der Waals surface area contributed by atoms with Gasteiger partial charge in [0.1, 0.15) is 4.88 Å². The van der Waals surface area contributed by atoms with Crippen molar-refractivity contribution in [2.45, 2.75) is 26.2 Å². The molecule has 1 aromatic rings. The van der Waals surface area contributed by atoms with Crippen molar-refractivity contribution in [3.63, 3.8) is 0 Å². The molecule has 2 heterocycles. The summed E-state index contributed by atoms with van der Waals surface area (Å²) in [5.41, 5.74) is 0. The molecule has 0 radical (unpaired) electrons. The molecule has 0 aromatic carbocycles. The van der Waals surface area contributed by atoms with Crippen molar-refractivity contribution in [1.82, 2.24) is 0 Å². The highest BCUT2D eigenvalue weighted by Gasteiger charge is 2.15. The lowest BCUT2D eigenvalue weighted by Crippen LogP contribution is -2.28. The lowest BCUT2D eigenvalue weighted by molar-refractivity contribution is 0.0532. The number of rotatable bonds is 3. The van der Waals surface area contributed by atoms with Crippen LogP contribution >= 0.6 is 11.3 Å². The maximum absolute atomic E-state index is 11.5. The summed E-state index contributed by atoms with van der Waals surface area (Å²) < 4.78 is 4.98. The van der Waals surface area contributed by atoms with E-state index in [0.717, 1.165) is 13.1 Å². The molecule has 2 rings (SSSR count). The van der Waals surface area contributed by atoms with Gasteiger partial charge in [0.15, 0.2) is 0 Å². The number of carbonyl (C=O) groups is 1. The first-order valence-corrected chi connectivity index (χ1v) is 6.65. The Morgan fingerprint density at radius 3 is 2.81 bits per heavy atom. The largest absolute Gasteiger partial charge is 0.462 e. The van der Waals surface area contributed by atoms with E-state index >= 15 is 0 Å². The average Bonchev–Trinajstić information content (AvgIpc) is 2.80. The SMILES string of the molecule is CCOC(=O)c1ccc(N2CCCCC2)s1. The first-order chi connectivity index (χ1) is 7.81. The predicted molar refractivity (Wildman–Crippen MR) is 66.3 cm³/mol. The molecule has 0 unspecified atom stereocenters. The van der Waals surface area contributed by atoms with Crippen LogP contribution in [0.25, 0.3) is 0 Å². The Labute approximate surface area is 100 Å². The second kappa shape index (κ2) is 5.34. The van der Waals surface area contributed by atoms with Crippen molar-refractivity contribution < 1.29 is 9.53 Å². The molecule has 0 aliphatic carbocycles. The first-order valence-electron chi connectivity index (χ1n) is 5.83. The third-order valence-corrected chi connectivity index (χ3v) is 3.86. The van der Waals surface area contributed by atoms with Gasteiger partial charge in [-0.15, -0.1) is 11.3 Å². The van der Waals surface area contributed by atoms with Gasteiger partial charge in [-0.3, -0.25) is 0 Å². The lowest BCUT2D eigenvalue weighted by atomic mass is 10.1. The summed E-state index contributed by atoms with van der Waals surface area (Å²) in [5.74, 6) is -0.198. The summed E-state index contributed by atoms with van der Waals surface area (Å²) in [5, 5.41) is 1.20. The number of esters is 1. The van der Waals surface area contributed by atoms with Crippen molar-refractivity contribution >= 4 is 22.3 Å². The normalized spacial score (nSPS) is 16.2. The molecule has 0 atom stereocenters. The van der Waals surface area contributed by atoms with Crippen LogP contribution < -0.4 is 4.90 Å². The molecule has 0 spiro atoms. The maximum Gasteiger partial charge on any atom is 0.348 e. The maximum atomic E-state index is 11.5. The molecular weight excluding hydrogens is 222 g/mol. The second-order valence-electron chi connectivity index (χ2n) is 3.91. The highest BCUT2D eigenvalue weighted by molar-refractivity contribution is 7.17. The van der Waals surface area contributed by atoms with Crippen LogP contribution in [0.3, 0.4) is 0 Å². The highest BCUT2D eigenvalue weighted by Crippen LogP contribution is 2.28. The molecule has 16 heavy (non-hydrogen) atoms. The van der Waals surface area contributed by atoms with Crippen LogP contribution in [0.5, 0.6) is 0 Å². The number of hydrogen-bond donors (Lipinski definition) is 0. The molecule has 0 saturated carbocycles. The van der Waals surface area contributed by atoms with E-state index in [0.29, 0.717) is 11.5 Å². The van der Waals surface area contributed by atoms with Crippen LogP contribution in [-0.2, 0) is 4.74 Å². The Morgan fingerprint density at radius 1 is 1.38 bits per heavy atom. The molecule has 3 nitrogen and oxygen atoms in total. The van der Waals surface area contributed by atoms with Crippen molar-refractivity contribution in [3.05, 3.63) is 17.0 Å².